The molecule has 23 heavy (non-hydrogen) atoms. The first-order chi connectivity index (χ1) is 11.1. The molecule has 2 heterocycles. The highest BCUT2D eigenvalue weighted by molar-refractivity contribution is 7.07. The third kappa shape index (κ3) is 3.10. The molecule has 1 aliphatic rings. The van der Waals surface area contributed by atoms with Crippen LogP contribution in [0, 0.1) is 11.7 Å². The number of thiazole rings is 1. The lowest BCUT2D eigenvalue weighted by Gasteiger charge is -2.16. The SMILES string of the molecule is COC(=O)[C@H]1CN(C(=O)c2cscn2)C[C@@H]1c1ccc(F)cc1. The second-order valence-electron chi connectivity index (χ2n) is 5.37. The van der Waals surface area contributed by atoms with Crippen LogP contribution in [0.5, 0.6) is 0 Å². The summed E-state index contributed by atoms with van der Waals surface area (Å²) in [5, 5.41) is 1.68. The number of amides is 1. The summed E-state index contributed by atoms with van der Waals surface area (Å²) < 4.78 is 18.0. The number of benzene rings is 1. The van der Waals surface area contributed by atoms with Gasteiger partial charge in [-0.15, -0.1) is 11.3 Å². The zero-order valence-corrected chi connectivity index (χ0v) is 13.3. The summed E-state index contributed by atoms with van der Waals surface area (Å²) in [5.74, 6) is -1.59. The number of likely N-dealkylation sites (tertiary alicyclic amines) is 1. The highest BCUT2D eigenvalue weighted by Gasteiger charge is 2.41. The molecule has 0 saturated carbocycles. The monoisotopic (exact) mass is 334 g/mol. The van der Waals surface area contributed by atoms with Crippen LogP contribution in [0.2, 0.25) is 0 Å². The Kier molecular flexibility index (Phi) is 4.38. The normalized spacial score (nSPS) is 20.5. The Bertz CT molecular complexity index is 703. The second-order valence-corrected chi connectivity index (χ2v) is 6.09. The van der Waals surface area contributed by atoms with Crippen LogP contribution in [0.15, 0.2) is 35.2 Å². The number of nitrogens with zero attached hydrogens (tertiary/aromatic N) is 2. The summed E-state index contributed by atoms with van der Waals surface area (Å²) in [6.45, 7) is 0.646. The molecule has 0 radical (unpaired) electrons. The van der Waals surface area contributed by atoms with Gasteiger partial charge in [0, 0.05) is 24.4 Å². The highest BCUT2D eigenvalue weighted by atomic mass is 32.1. The van der Waals surface area contributed by atoms with Gasteiger partial charge in [-0.3, -0.25) is 9.59 Å². The van der Waals surface area contributed by atoms with Gasteiger partial charge in [-0.2, -0.15) is 0 Å². The maximum atomic E-state index is 13.1. The van der Waals surface area contributed by atoms with Gasteiger partial charge in [-0.05, 0) is 17.7 Å². The van der Waals surface area contributed by atoms with Gasteiger partial charge < -0.3 is 9.64 Å². The van der Waals surface area contributed by atoms with Crippen molar-refractivity contribution in [3.8, 4) is 0 Å². The molecule has 1 aromatic heterocycles. The molecule has 0 bridgehead atoms. The molecule has 120 valence electrons. The van der Waals surface area contributed by atoms with Crippen LogP contribution in [-0.4, -0.2) is 42.0 Å². The van der Waals surface area contributed by atoms with Crippen LogP contribution in [-0.2, 0) is 9.53 Å². The van der Waals surface area contributed by atoms with Crippen molar-refractivity contribution >= 4 is 23.2 Å². The molecule has 1 amide bonds. The Hall–Kier alpha value is -2.28. The third-order valence-corrected chi connectivity index (χ3v) is 4.65. The summed E-state index contributed by atoms with van der Waals surface area (Å²) in [4.78, 5) is 30.1. The number of methoxy groups -OCH3 is 1. The largest absolute Gasteiger partial charge is 0.469 e. The molecule has 0 N–H and O–H groups in total. The summed E-state index contributed by atoms with van der Waals surface area (Å²) in [7, 11) is 1.33. The predicted molar refractivity (Wildman–Crippen MR) is 82.7 cm³/mol. The molecular weight excluding hydrogens is 319 g/mol. The van der Waals surface area contributed by atoms with E-state index in [1.165, 1.54) is 30.6 Å². The van der Waals surface area contributed by atoms with Gasteiger partial charge in [0.05, 0.1) is 18.5 Å². The zero-order valence-electron chi connectivity index (χ0n) is 12.4. The number of ether oxygens (including phenoxy) is 1. The van der Waals surface area contributed by atoms with E-state index in [0.717, 1.165) is 5.56 Å². The van der Waals surface area contributed by atoms with E-state index in [2.05, 4.69) is 4.98 Å². The molecule has 1 saturated heterocycles. The van der Waals surface area contributed by atoms with Crippen molar-refractivity contribution in [2.24, 2.45) is 5.92 Å². The average Bonchev–Trinajstić information content (AvgIpc) is 3.24. The maximum Gasteiger partial charge on any atom is 0.311 e. The lowest BCUT2D eigenvalue weighted by atomic mass is 9.89. The van der Waals surface area contributed by atoms with Crippen molar-refractivity contribution in [3.63, 3.8) is 0 Å². The minimum Gasteiger partial charge on any atom is -0.469 e. The molecule has 7 heteroatoms. The Morgan fingerprint density at radius 1 is 1.30 bits per heavy atom. The number of aromatic nitrogens is 1. The fourth-order valence-corrected chi connectivity index (χ4v) is 3.41. The van der Waals surface area contributed by atoms with Crippen LogP contribution >= 0.6 is 11.3 Å². The average molecular weight is 334 g/mol. The smallest absolute Gasteiger partial charge is 0.311 e. The minimum absolute atomic E-state index is 0.204. The van der Waals surface area contributed by atoms with Crippen molar-refractivity contribution in [3.05, 3.63) is 52.2 Å². The van der Waals surface area contributed by atoms with Crippen LogP contribution in [0.25, 0.3) is 0 Å². The van der Waals surface area contributed by atoms with Gasteiger partial charge >= 0.3 is 5.97 Å². The van der Waals surface area contributed by atoms with Gasteiger partial charge in [0.15, 0.2) is 0 Å². The second kappa shape index (κ2) is 6.45. The number of esters is 1. The van der Waals surface area contributed by atoms with E-state index in [-0.39, 0.29) is 30.2 Å². The molecule has 3 rings (SSSR count). The van der Waals surface area contributed by atoms with Crippen LogP contribution in [0.4, 0.5) is 4.39 Å². The lowest BCUT2D eigenvalue weighted by Crippen LogP contribution is -2.30. The number of hydrogen-bond donors (Lipinski definition) is 0. The minimum atomic E-state index is -0.465. The molecule has 1 aliphatic heterocycles. The van der Waals surface area contributed by atoms with Gasteiger partial charge in [-0.1, -0.05) is 12.1 Å². The van der Waals surface area contributed by atoms with E-state index in [4.69, 9.17) is 4.74 Å². The van der Waals surface area contributed by atoms with E-state index in [1.807, 2.05) is 0 Å². The van der Waals surface area contributed by atoms with Crippen molar-refractivity contribution in [1.29, 1.82) is 0 Å². The van der Waals surface area contributed by atoms with Gasteiger partial charge in [0.25, 0.3) is 5.91 Å². The van der Waals surface area contributed by atoms with Crippen molar-refractivity contribution in [2.75, 3.05) is 20.2 Å². The summed E-state index contributed by atoms with van der Waals surface area (Å²) in [6.07, 6.45) is 0. The van der Waals surface area contributed by atoms with Crippen molar-refractivity contribution in [1.82, 2.24) is 9.88 Å². The molecule has 0 spiro atoms. The van der Waals surface area contributed by atoms with Crippen LogP contribution in [0.3, 0.4) is 0 Å². The van der Waals surface area contributed by atoms with E-state index >= 15 is 0 Å². The topological polar surface area (TPSA) is 59.5 Å². The van der Waals surface area contributed by atoms with E-state index < -0.39 is 5.92 Å². The predicted octanol–water partition coefficient (Wildman–Crippen LogP) is 2.31. The summed E-state index contributed by atoms with van der Waals surface area (Å²) >= 11 is 1.35. The Labute approximate surface area is 136 Å². The molecule has 1 fully saturated rings. The first kappa shape index (κ1) is 15.6. The number of halogens is 1. The standard InChI is InChI=1S/C16H15FN2O3S/c1-22-16(21)13-7-19(15(20)14-8-23-9-18-14)6-12(13)10-2-4-11(17)5-3-10/h2-5,8-9,12-13H,6-7H2,1H3/t12-,13+/m1/s1. The Balaban J connectivity index is 1.86. The molecule has 0 aliphatic carbocycles. The maximum absolute atomic E-state index is 13.1. The first-order valence-electron chi connectivity index (χ1n) is 7.11. The number of carbonyl (C=O) groups excluding carboxylic acids is 2. The molecule has 5 nitrogen and oxygen atoms in total. The van der Waals surface area contributed by atoms with Crippen molar-refractivity contribution < 1.29 is 18.7 Å². The zero-order chi connectivity index (χ0) is 16.4. The molecule has 0 unspecified atom stereocenters. The number of hydrogen-bond acceptors (Lipinski definition) is 5. The van der Waals surface area contributed by atoms with Gasteiger partial charge in [0.1, 0.15) is 11.5 Å². The fourth-order valence-electron chi connectivity index (χ4n) is 2.89. The van der Waals surface area contributed by atoms with Gasteiger partial charge in [-0.25, -0.2) is 9.37 Å². The molecular formula is C16H15FN2O3S. The first-order valence-corrected chi connectivity index (χ1v) is 8.05. The summed E-state index contributed by atoms with van der Waals surface area (Å²) in [6, 6.07) is 6.00. The van der Waals surface area contributed by atoms with E-state index in [0.29, 0.717) is 12.2 Å². The quantitative estimate of drug-likeness (QED) is 0.808. The highest BCUT2D eigenvalue weighted by Crippen LogP contribution is 2.34. The lowest BCUT2D eigenvalue weighted by molar-refractivity contribution is -0.145. The Morgan fingerprint density at radius 3 is 2.65 bits per heavy atom. The van der Waals surface area contributed by atoms with Crippen LogP contribution in [0.1, 0.15) is 22.0 Å². The Morgan fingerprint density at radius 2 is 2.04 bits per heavy atom. The summed E-state index contributed by atoms with van der Waals surface area (Å²) in [5.41, 5.74) is 2.78. The fraction of sp³-hybridized carbons (Fsp3) is 0.312. The number of rotatable bonds is 3. The van der Waals surface area contributed by atoms with Crippen molar-refractivity contribution in [2.45, 2.75) is 5.92 Å². The molecule has 2 aromatic rings. The molecule has 2 atom stereocenters. The van der Waals surface area contributed by atoms with Gasteiger partial charge in [0.2, 0.25) is 0 Å². The third-order valence-electron chi connectivity index (χ3n) is 4.06. The number of carbonyl (C=O) groups is 2. The van der Waals surface area contributed by atoms with E-state index in [9.17, 15) is 14.0 Å². The molecule has 1 aromatic carbocycles. The van der Waals surface area contributed by atoms with Crippen LogP contribution < -0.4 is 0 Å². The van der Waals surface area contributed by atoms with E-state index in [1.54, 1.807) is 27.9 Å².